The maximum absolute atomic E-state index is 5.23. The second-order valence-electron chi connectivity index (χ2n) is 4.48. The number of rotatable bonds is 2. The molecule has 1 aromatic rings. The summed E-state index contributed by atoms with van der Waals surface area (Å²) in [5, 5.41) is 4.03. The highest BCUT2D eigenvalue weighted by atomic mass is 16.5. The number of hydrogen-bond donors (Lipinski definition) is 0. The summed E-state index contributed by atoms with van der Waals surface area (Å²) in [6.45, 7) is 6.31. The molecule has 2 nitrogen and oxygen atoms in total. The van der Waals surface area contributed by atoms with Gasteiger partial charge in [-0.25, -0.2) is 0 Å². The van der Waals surface area contributed by atoms with Crippen LogP contribution in [0.25, 0.3) is 0 Å². The lowest BCUT2D eigenvalue weighted by atomic mass is 9.85. The van der Waals surface area contributed by atoms with Crippen LogP contribution in [0.4, 0.5) is 0 Å². The molecule has 2 heteroatoms. The van der Waals surface area contributed by atoms with Crippen LogP contribution in [-0.4, -0.2) is 5.16 Å². The highest BCUT2D eigenvalue weighted by Gasteiger charge is 2.20. The molecule has 2 rings (SSSR count). The van der Waals surface area contributed by atoms with Crippen LogP contribution in [0.2, 0.25) is 0 Å². The molecule has 0 amide bonds. The lowest BCUT2D eigenvalue weighted by Gasteiger charge is -2.19. The minimum atomic E-state index is 0.483. The Balaban J connectivity index is 2.27. The van der Waals surface area contributed by atoms with Gasteiger partial charge < -0.3 is 4.52 Å². The standard InChI is InChI=1S/C13H19NO/c1-9(12-7-5-4-6-8-12)13-10(2)14-15-11(13)3/h7,9H,4-6,8H2,1-3H3. The number of allylic oxidation sites excluding steroid dienone is 2. The molecule has 0 saturated carbocycles. The van der Waals surface area contributed by atoms with Crippen molar-refractivity contribution < 1.29 is 4.52 Å². The molecule has 1 atom stereocenters. The van der Waals surface area contributed by atoms with Gasteiger partial charge in [-0.3, -0.25) is 0 Å². The molecule has 1 unspecified atom stereocenters. The molecule has 0 N–H and O–H groups in total. The van der Waals surface area contributed by atoms with E-state index in [1.807, 2.05) is 13.8 Å². The largest absolute Gasteiger partial charge is 0.361 e. The zero-order chi connectivity index (χ0) is 10.8. The fourth-order valence-corrected chi connectivity index (χ4v) is 2.55. The van der Waals surface area contributed by atoms with E-state index in [-0.39, 0.29) is 0 Å². The van der Waals surface area contributed by atoms with Gasteiger partial charge in [-0.05, 0) is 39.5 Å². The van der Waals surface area contributed by atoms with E-state index < -0.39 is 0 Å². The maximum atomic E-state index is 5.23. The minimum absolute atomic E-state index is 0.483. The summed E-state index contributed by atoms with van der Waals surface area (Å²) < 4.78 is 5.23. The SMILES string of the molecule is Cc1noc(C)c1C(C)C1=CCCCC1. The van der Waals surface area contributed by atoms with Crippen molar-refractivity contribution in [2.24, 2.45) is 0 Å². The quantitative estimate of drug-likeness (QED) is 0.684. The van der Waals surface area contributed by atoms with Gasteiger partial charge in [0.05, 0.1) is 5.69 Å². The van der Waals surface area contributed by atoms with Crippen LogP contribution in [0, 0.1) is 13.8 Å². The van der Waals surface area contributed by atoms with Gasteiger partial charge in [0.2, 0.25) is 0 Å². The molecular weight excluding hydrogens is 186 g/mol. The number of hydrogen-bond acceptors (Lipinski definition) is 2. The van der Waals surface area contributed by atoms with Crippen LogP contribution in [0.1, 0.15) is 55.5 Å². The van der Waals surface area contributed by atoms with E-state index in [1.54, 1.807) is 5.57 Å². The van der Waals surface area contributed by atoms with Gasteiger partial charge >= 0.3 is 0 Å². The van der Waals surface area contributed by atoms with Crippen molar-refractivity contribution in [1.82, 2.24) is 5.16 Å². The highest BCUT2D eigenvalue weighted by molar-refractivity contribution is 5.33. The van der Waals surface area contributed by atoms with Crippen LogP contribution >= 0.6 is 0 Å². The maximum Gasteiger partial charge on any atom is 0.137 e. The second kappa shape index (κ2) is 4.21. The average molecular weight is 205 g/mol. The molecule has 0 aliphatic heterocycles. The molecular formula is C13H19NO. The Morgan fingerprint density at radius 1 is 1.33 bits per heavy atom. The monoisotopic (exact) mass is 205 g/mol. The van der Waals surface area contributed by atoms with Crippen LogP contribution in [-0.2, 0) is 0 Å². The van der Waals surface area contributed by atoms with E-state index in [9.17, 15) is 0 Å². The summed E-state index contributed by atoms with van der Waals surface area (Å²) in [4.78, 5) is 0. The van der Waals surface area contributed by atoms with Gasteiger partial charge in [-0.2, -0.15) is 0 Å². The van der Waals surface area contributed by atoms with E-state index >= 15 is 0 Å². The van der Waals surface area contributed by atoms with Crippen LogP contribution in [0.5, 0.6) is 0 Å². The third kappa shape index (κ3) is 1.99. The van der Waals surface area contributed by atoms with Crippen molar-refractivity contribution in [3.63, 3.8) is 0 Å². The van der Waals surface area contributed by atoms with E-state index in [2.05, 4.69) is 18.2 Å². The van der Waals surface area contributed by atoms with E-state index in [0.717, 1.165) is 11.5 Å². The summed E-state index contributed by atoms with van der Waals surface area (Å²) in [7, 11) is 0. The molecule has 0 radical (unpaired) electrons. The fourth-order valence-electron chi connectivity index (χ4n) is 2.55. The highest BCUT2D eigenvalue weighted by Crippen LogP contribution is 2.34. The molecule has 0 saturated heterocycles. The van der Waals surface area contributed by atoms with Crippen molar-refractivity contribution in [2.75, 3.05) is 0 Å². The Hall–Kier alpha value is -1.05. The number of aryl methyl sites for hydroxylation is 2. The zero-order valence-electron chi connectivity index (χ0n) is 9.84. The zero-order valence-corrected chi connectivity index (χ0v) is 9.84. The van der Waals surface area contributed by atoms with Gasteiger partial charge in [0.25, 0.3) is 0 Å². The normalized spacial score (nSPS) is 18.7. The lowest BCUT2D eigenvalue weighted by Crippen LogP contribution is -2.03. The van der Waals surface area contributed by atoms with Gasteiger partial charge in [0, 0.05) is 11.5 Å². The molecule has 1 aromatic heterocycles. The van der Waals surface area contributed by atoms with Gasteiger partial charge in [-0.15, -0.1) is 0 Å². The van der Waals surface area contributed by atoms with Crippen molar-refractivity contribution in [2.45, 2.75) is 52.4 Å². The first-order chi connectivity index (χ1) is 7.20. The summed E-state index contributed by atoms with van der Waals surface area (Å²) in [6.07, 6.45) is 7.56. The van der Waals surface area contributed by atoms with Crippen molar-refractivity contribution in [3.05, 3.63) is 28.7 Å². The third-order valence-electron chi connectivity index (χ3n) is 3.40. The Morgan fingerprint density at radius 3 is 2.67 bits per heavy atom. The predicted octanol–water partition coefficient (Wildman–Crippen LogP) is 3.90. The Kier molecular flexibility index (Phi) is 2.94. The molecule has 1 aliphatic carbocycles. The third-order valence-corrected chi connectivity index (χ3v) is 3.40. The molecule has 1 aliphatic rings. The van der Waals surface area contributed by atoms with Crippen LogP contribution in [0.15, 0.2) is 16.2 Å². The van der Waals surface area contributed by atoms with E-state index in [4.69, 9.17) is 4.52 Å². The minimum Gasteiger partial charge on any atom is -0.361 e. The lowest BCUT2D eigenvalue weighted by molar-refractivity contribution is 0.392. The smallest absolute Gasteiger partial charge is 0.137 e. The summed E-state index contributed by atoms with van der Waals surface area (Å²) in [5.74, 6) is 1.46. The number of aromatic nitrogens is 1. The molecule has 1 heterocycles. The number of nitrogens with zero attached hydrogens (tertiary/aromatic N) is 1. The average Bonchev–Trinajstić information content (AvgIpc) is 2.59. The topological polar surface area (TPSA) is 26.0 Å². The molecule has 0 spiro atoms. The van der Waals surface area contributed by atoms with Crippen molar-refractivity contribution in [3.8, 4) is 0 Å². The summed E-state index contributed by atoms with van der Waals surface area (Å²) in [5.41, 5.74) is 3.91. The Labute approximate surface area is 91.4 Å². The van der Waals surface area contributed by atoms with E-state index in [0.29, 0.717) is 5.92 Å². The van der Waals surface area contributed by atoms with Crippen LogP contribution < -0.4 is 0 Å². The molecule has 0 bridgehead atoms. The van der Waals surface area contributed by atoms with Gasteiger partial charge in [0.1, 0.15) is 5.76 Å². The van der Waals surface area contributed by atoms with Crippen LogP contribution in [0.3, 0.4) is 0 Å². The summed E-state index contributed by atoms with van der Waals surface area (Å²) in [6, 6.07) is 0. The Bertz CT molecular complexity index is 356. The second-order valence-corrected chi connectivity index (χ2v) is 4.48. The molecule has 15 heavy (non-hydrogen) atoms. The van der Waals surface area contributed by atoms with Gasteiger partial charge in [0.15, 0.2) is 0 Å². The first-order valence-electron chi connectivity index (χ1n) is 5.82. The molecule has 0 aromatic carbocycles. The molecule has 82 valence electrons. The fraction of sp³-hybridized carbons (Fsp3) is 0.615. The first kappa shape index (κ1) is 10.5. The molecule has 0 fully saturated rings. The van der Waals surface area contributed by atoms with Gasteiger partial charge in [-0.1, -0.05) is 23.7 Å². The van der Waals surface area contributed by atoms with Crippen molar-refractivity contribution >= 4 is 0 Å². The Morgan fingerprint density at radius 2 is 2.13 bits per heavy atom. The predicted molar refractivity (Wildman–Crippen MR) is 60.9 cm³/mol. The summed E-state index contributed by atoms with van der Waals surface area (Å²) >= 11 is 0. The van der Waals surface area contributed by atoms with E-state index in [1.165, 1.54) is 31.2 Å². The van der Waals surface area contributed by atoms with Crippen molar-refractivity contribution in [1.29, 1.82) is 0 Å². The first-order valence-corrected chi connectivity index (χ1v) is 5.82.